The highest BCUT2D eigenvalue weighted by Crippen LogP contribution is 2.32. The van der Waals surface area contributed by atoms with Crippen LogP contribution in [0.3, 0.4) is 0 Å². The molecule has 1 aliphatic heterocycles. The number of nitrogens with two attached hydrogens (primary N) is 1. The number of ether oxygens (including phenoxy) is 1. The zero-order valence-corrected chi connectivity index (χ0v) is 12.1. The van der Waals surface area contributed by atoms with Gasteiger partial charge in [0.1, 0.15) is 5.82 Å². The summed E-state index contributed by atoms with van der Waals surface area (Å²) in [5.74, 6) is -0.209. The Labute approximate surface area is 114 Å². The van der Waals surface area contributed by atoms with Crippen LogP contribution < -0.4 is 10.6 Å². The van der Waals surface area contributed by atoms with Gasteiger partial charge in [-0.2, -0.15) is 0 Å². The molecule has 0 aromatic heterocycles. The summed E-state index contributed by atoms with van der Waals surface area (Å²) >= 11 is 0. The molecule has 2 atom stereocenters. The number of halogens is 1. The molecule has 0 radical (unpaired) electrons. The van der Waals surface area contributed by atoms with Crippen molar-refractivity contribution < 1.29 is 9.13 Å². The number of benzene rings is 1. The molecule has 19 heavy (non-hydrogen) atoms. The van der Waals surface area contributed by atoms with E-state index in [1.807, 2.05) is 33.8 Å². The van der Waals surface area contributed by atoms with E-state index < -0.39 is 0 Å². The Morgan fingerprint density at radius 2 is 2.16 bits per heavy atom. The maximum atomic E-state index is 14.2. The van der Waals surface area contributed by atoms with Crippen molar-refractivity contribution in [3.05, 3.63) is 29.6 Å². The molecule has 0 saturated carbocycles. The average Bonchev–Trinajstić information content (AvgIpc) is 2.25. The average molecular weight is 266 g/mol. The number of nitrogens with zero attached hydrogens (tertiary/aromatic N) is 1. The third-order valence-electron chi connectivity index (χ3n) is 3.39. The van der Waals surface area contributed by atoms with Gasteiger partial charge in [0, 0.05) is 19.1 Å². The van der Waals surface area contributed by atoms with Gasteiger partial charge < -0.3 is 15.4 Å². The number of rotatable bonds is 2. The number of anilines is 1. The zero-order chi connectivity index (χ0) is 14.2. The number of hydrogen-bond acceptors (Lipinski definition) is 3. The Kier molecular flexibility index (Phi) is 3.83. The molecule has 1 heterocycles. The van der Waals surface area contributed by atoms with Crippen LogP contribution in [-0.2, 0) is 4.74 Å². The predicted molar refractivity (Wildman–Crippen MR) is 75.8 cm³/mol. The SMILES string of the molecule is CC1CN(c2c(F)cccc2C(C)N)CC(C)(C)O1. The maximum absolute atomic E-state index is 14.2. The monoisotopic (exact) mass is 266 g/mol. The van der Waals surface area contributed by atoms with Gasteiger partial charge in [0.2, 0.25) is 0 Å². The van der Waals surface area contributed by atoms with Gasteiger partial charge in [0.05, 0.1) is 17.4 Å². The molecule has 1 aromatic rings. The summed E-state index contributed by atoms with van der Waals surface area (Å²) in [5, 5.41) is 0. The van der Waals surface area contributed by atoms with Crippen LogP contribution in [0.4, 0.5) is 10.1 Å². The Morgan fingerprint density at radius 3 is 2.74 bits per heavy atom. The van der Waals surface area contributed by atoms with E-state index in [-0.39, 0.29) is 23.6 Å². The quantitative estimate of drug-likeness (QED) is 0.894. The minimum atomic E-state index is -0.283. The first-order chi connectivity index (χ1) is 8.80. The molecule has 1 fully saturated rings. The topological polar surface area (TPSA) is 38.5 Å². The van der Waals surface area contributed by atoms with E-state index in [1.165, 1.54) is 6.07 Å². The van der Waals surface area contributed by atoms with Crippen LogP contribution in [0, 0.1) is 5.82 Å². The van der Waals surface area contributed by atoms with E-state index >= 15 is 0 Å². The molecule has 0 bridgehead atoms. The first-order valence-electron chi connectivity index (χ1n) is 6.77. The highest BCUT2D eigenvalue weighted by atomic mass is 19.1. The second-order valence-corrected chi connectivity index (χ2v) is 6.04. The molecule has 2 unspecified atom stereocenters. The summed E-state index contributed by atoms with van der Waals surface area (Å²) in [6.07, 6.45) is 0.0734. The number of hydrogen-bond donors (Lipinski definition) is 1. The molecular formula is C15H23FN2O. The van der Waals surface area contributed by atoms with Crippen molar-refractivity contribution in [1.82, 2.24) is 0 Å². The summed E-state index contributed by atoms with van der Waals surface area (Å²) in [6.45, 7) is 9.31. The van der Waals surface area contributed by atoms with E-state index in [9.17, 15) is 4.39 Å². The summed E-state index contributed by atoms with van der Waals surface area (Å²) in [7, 11) is 0. The van der Waals surface area contributed by atoms with E-state index in [0.717, 1.165) is 5.56 Å². The second kappa shape index (κ2) is 5.10. The highest BCUT2D eigenvalue weighted by Gasteiger charge is 2.33. The molecule has 0 aliphatic carbocycles. The van der Waals surface area contributed by atoms with Gasteiger partial charge in [-0.25, -0.2) is 4.39 Å². The first-order valence-corrected chi connectivity index (χ1v) is 6.77. The number of morpholine rings is 1. The van der Waals surface area contributed by atoms with Crippen molar-refractivity contribution in [3.8, 4) is 0 Å². The third-order valence-corrected chi connectivity index (χ3v) is 3.39. The van der Waals surface area contributed by atoms with Crippen molar-refractivity contribution in [3.63, 3.8) is 0 Å². The van der Waals surface area contributed by atoms with Crippen molar-refractivity contribution in [2.24, 2.45) is 5.73 Å². The summed E-state index contributed by atoms with van der Waals surface area (Å²) in [6, 6.07) is 4.92. The van der Waals surface area contributed by atoms with Gasteiger partial charge in [-0.05, 0) is 39.3 Å². The fourth-order valence-corrected chi connectivity index (χ4v) is 2.86. The van der Waals surface area contributed by atoms with Crippen LogP contribution in [0.25, 0.3) is 0 Å². The van der Waals surface area contributed by atoms with Crippen LogP contribution in [0.2, 0.25) is 0 Å². The molecule has 0 spiro atoms. The molecule has 2 N–H and O–H groups in total. The minimum Gasteiger partial charge on any atom is -0.369 e. The zero-order valence-electron chi connectivity index (χ0n) is 12.1. The lowest BCUT2D eigenvalue weighted by Crippen LogP contribution is -2.52. The standard InChI is InChI=1S/C15H23FN2O/c1-10-8-18(9-15(3,4)19-10)14-12(11(2)17)6-5-7-13(14)16/h5-7,10-11H,8-9,17H2,1-4H3. The Bertz CT molecular complexity index is 459. The van der Waals surface area contributed by atoms with Gasteiger partial charge in [-0.3, -0.25) is 0 Å². The second-order valence-electron chi connectivity index (χ2n) is 6.04. The molecule has 3 nitrogen and oxygen atoms in total. The van der Waals surface area contributed by atoms with E-state index in [1.54, 1.807) is 6.07 Å². The molecule has 1 saturated heterocycles. The lowest BCUT2D eigenvalue weighted by molar-refractivity contribution is -0.0751. The Hall–Kier alpha value is -1.13. The van der Waals surface area contributed by atoms with E-state index in [4.69, 9.17) is 10.5 Å². The molecule has 106 valence electrons. The Balaban J connectivity index is 2.41. The largest absolute Gasteiger partial charge is 0.369 e. The van der Waals surface area contributed by atoms with Gasteiger partial charge in [-0.15, -0.1) is 0 Å². The molecular weight excluding hydrogens is 243 g/mol. The summed E-state index contributed by atoms with van der Waals surface area (Å²) in [4.78, 5) is 2.06. The van der Waals surface area contributed by atoms with Crippen LogP contribution in [0.15, 0.2) is 18.2 Å². The third kappa shape index (κ3) is 3.07. The first kappa shape index (κ1) is 14.3. The van der Waals surface area contributed by atoms with Crippen LogP contribution in [-0.4, -0.2) is 24.8 Å². The highest BCUT2D eigenvalue weighted by molar-refractivity contribution is 5.56. The molecule has 0 amide bonds. The number of para-hydroxylation sites is 1. The fourth-order valence-electron chi connectivity index (χ4n) is 2.86. The smallest absolute Gasteiger partial charge is 0.146 e. The van der Waals surface area contributed by atoms with Gasteiger partial charge in [0.15, 0.2) is 0 Å². The van der Waals surface area contributed by atoms with Crippen LogP contribution in [0.1, 0.15) is 39.3 Å². The van der Waals surface area contributed by atoms with Crippen molar-refractivity contribution in [2.45, 2.75) is 45.4 Å². The summed E-state index contributed by atoms with van der Waals surface area (Å²) in [5.41, 5.74) is 7.16. The molecule has 4 heteroatoms. The van der Waals surface area contributed by atoms with Crippen molar-refractivity contribution in [1.29, 1.82) is 0 Å². The summed E-state index contributed by atoms with van der Waals surface area (Å²) < 4.78 is 20.1. The van der Waals surface area contributed by atoms with E-state index in [0.29, 0.717) is 18.8 Å². The van der Waals surface area contributed by atoms with Crippen LogP contribution in [0.5, 0.6) is 0 Å². The molecule has 1 aromatic carbocycles. The lowest BCUT2D eigenvalue weighted by atomic mass is 10.0. The Morgan fingerprint density at radius 1 is 1.47 bits per heavy atom. The van der Waals surface area contributed by atoms with Gasteiger partial charge in [0.25, 0.3) is 0 Å². The predicted octanol–water partition coefficient (Wildman–Crippen LogP) is 2.85. The van der Waals surface area contributed by atoms with Crippen LogP contribution >= 0.6 is 0 Å². The van der Waals surface area contributed by atoms with Crippen molar-refractivity contribution >= 4 is 5.69 Å². The normalized spacial score (nSPS) is 24.3. The fraction of sp³-hybridized carbons (Fsp3) is 0.600. The van der Waals surface area contributed by atoms with Gasteiger partial charge >= 0.3 is 0 Å². The lowest BCUT2D eigenvalue weighted by Gasteiger charge is -2.43. The molecule has 1 aliphatic rings. The van der Waals surface area contributed by atoms with E-state index in [2.05, 4.69) is 4.90 Å². The minimum absolute atomic E-state index is 0.0734. The van der Waals surface area contributed by atoms with Gasteiger partial charge in [-0.1, -0.05) is 12.1 Å². The van der Waals surface area contributed by atoms with Crippen molar-refractivity contribution in [2.75, 3.05) is 18.0 Å². The molecule has 2 rings (SSSR count). The maximum Gasteiger partial charge on any atom is 0.146 e.